The first kappa shape index (κ1) is 25.4. The van der Waals surface area contributed by atoms with Crippen molar-refractivity contribution in [2.24, 2.45) is 52.3 Å². The second kappa shape index (κ2) is 9.07. The molecule has 0 heterocycles. The molecule has 0 saturated heterocycles. The number of hydrogen-bond acceptors (Lipinski definition) is 5. The number of fused-ring (bicyclic) bond motifs is 5. The predicted molar refractivity (Wildman–Crippen MR) is 125 cm³/mol. The summed E-state index contributed by atoms with van der Waals surface area (Å²) in [6, 6.07) is 0. The van der Waals surface area contributed by atoms with Crippen molar-refractivity contribution in [3.05, 3.63) is 0 Å². The first-order valence-corrected chi connectivity index (χ1v) is 13.4. The molecule has 4 aliphatic carbocycles. The lowest BCUT2D eigenvalue weighted by molar-refractivity contribution is -0.208. The summed E-state index contributed by atoms with van der Waals surface area (Å²) in [7, 11) is 0. The molecule has 4 saturated carbocycles. The third-order valence-corrected chi connectivity index (χ3v) is 11.4. The summed E-state index contributed by atoms with van der Waals surface area (Å²) in [6.45, 7) is 8.26. The Morgan fingerprint density at radius 1 is 0.970 bits per heavy atom. The first-order valence-electron chi connectivity index (χ1n) is 13.4. The minimum atomic E-state index is -0.829. The van der Waals surface area contributed by atoms with Crippen molar-refractivity contribution in [2.75, 3.05) is 0 Å². The van der Waals surface area contributed by atoms with E-state index in [4.69, 9.17) is 0 Å². The van der Waals surface area contributed by atoms with E-state index in [1.165, 1.54) is 0 Å². The summed E-state index contributed by atoms with van der Waals surface area (Å²) in [4.78, 5) is 11.2. The van der Waals surface area contributed by atoms with E-state index in [2.05, 4.69) is 20.8 Å². The van der Waals surface area contributed by atoms with Crippen LogP contribution >= 0.6 is 0 Å². The van der Waals surface area contributed by atoms with Crippen LogP contribution in [0.1, 0.15) is 85.5 Å². The number of rotatable bonds is 6. The minimum absolute atomic E-state index is 0.0268. The maximum Gasteiger partial charge on any atom is 0.306 e. The van der Waals surface area contributed by atoms with Gasteiger partial charge in [-0.25, -0.2) is 0 Å². The molecule has 0 radical (unpaired) electrons. The van der Waals surface area contributed by atoms with Crippen molar-refractivity contribution in [1.29, 1.82) is 0 Å². The van der Waals surface area contributed by atoms with Crippen LogP contribution in [0.4, 0.5) is 0 Å². The monoisotopic (exact) mass is 466 g/mol. The van der Waals surface area contributed by atoms with Gasteiger partial charge in [-0.1, -0.05) is 27.7 Å². The van der Waals surface area contributed by atoms with E-state index >= 15 is 0 Å². The Morgan fingerprint density at radius 3 is 2.33 bits per heavy atom. The molecule has 6 nitrogen and oxygen atoms in total. The summed E-state index contributed by atoms with van der Waals surface area (Å²) in [5.41, 5.74) is -0.292. The van der Waals surface area contributed by atoms with Crippen LogP contribution in [-0.2, 0) is 4.79 Å². The van der Waals surface area contributed by atoms with E-state index in [0.29, 0.717) is 25.2 Å². The molecule has 0 amide bonds. The molecular weight excluding hydrogens is 420 g/mol. The van der Waals surface area contributed by atoms with Crippen molar-refractivity contribution in [2.45, 2.75) is 110 Å². The van der Waals surface area contributed by atoms with Gasteiger partial charge in [-0.05, 0) is 104 Å². The number of aliphatic hydroxyl groups is 4. The summed E-state index contributed by atoms with van der Waals surface area (Å²) in [6.07, 6.45) is 5.03. The molecule has 0 aromatic heterocycles. The van der Waals surface area contributed by atoms with Crippen molar-refractivity contribution in [3.63, 3.8) is 0 Å². The Hall–Kier alpha value is -0.690. The van der Waals surface area contributed by atoms with E-state index < -0.39 is 30.2 Å². The van der Waals surface area contributed by atoms with Gasteiger partial charge in [0.05, 0.1) is 30.3 Å². The van der Waals surface area contributed by atoms with E-state index in [1.54, 1.807) is 6.92 Å². The highest BCUT2D eigenvalue weighted by Crippen LogP contribution is 2.68. The quantitative estimate of drug-likeness (QED) is 0.409. The lowest BCUT2D eigenvalue weighted by atomic mass is 9.43. The van der Waals surface area contributed by atoms with Crippen LogP contribution in [0.3, 0.4) is 0 Å². The molecule has 6 heteroatoms. The molecule has 190 valence electrons. The van der Waals surface area contributed by atoms with Crippen molar-refractivity contribution >= 4 is 5.97 Å². The lowest BCUT2D eigenvalue weighted by Crippen LogP contribution is -2.62. The molecule has 4 aliphatic rings. The highest BCUT2D eigenvalue weighted by atomic mass is 16.4. The Balaban J connectivity index is 1.54. The third kappa shape index (κ3) is 4.07. The van der Waals surface area contributed by atoms with E-state index in [0.717, 1.165) is 38.5 Å². The van der Waals surface area contributed by atoms with Crippen LogP contribution in [0.2, 0.25) is 0 Å². The highest BCUT2D eigenvalue weighted by Gasteiger charge is 2.66. The van der Waals surface area contributed by atoms with Crippen LogP contribution in [0.25, 0.3) is 0 Å². The van der Waals surface area contributed by atoms with Gasteiger partial charge in [0.1, 0.15) is 0 Å². The average Bonchev–Trinajstić information content (AvgIpc) is 3.11. The Bertz CT molecular complexity index is 727. The Kier molecular flexibility index (Phi) is 6.98. The fraction of sp³-hybridized carbons (Fsp3) is 0.963. The summed E-state index contributed by atoms with van der Waals surface area (Å²) >= 11 is 0. The summed E-state index contributed by atoms with van der Waals surface area (Å²) in [5, 5.41) is 53.4. The van der Waals surface area contributed by atoms with E-state index in [9.17, 15) is 30.3 Å². The molecule has 4 rings (SSSR count). The maximum atomic E-state index is 11.6. The molecule has 0 aromatic rings. The van der Waals surface area contributed by atoms with E-state index in [1.807, 2.05) is 0 Å². The van der Waals surface area contributed by atoms with Gasteiger partial charge in [0.25, 0.3) is 0 Å². The zero-order valence-electron chi connectivity index (χ0n) is 20.9. The molecule has 2 unspecified atom stereocenters. The van der Waals surface area contributed by atoms with Crippen LogP contribution in [0.15, 0.2) is 0 Å². The number of carboxylic acid groups (broad SMARTS) is 1. The number of hydrogen-bond donors (Lipinski definition) is 5. The second-order valence-electron chi connectivity index (χ2n) is 12.8. The van der Waals surface area contributed by atoms with Gasteiger partial charge in [-0.15, -0.1) is 0 Å². The highest BCUT2D eigenvalue weighted by molar-refractivity contribution is 5.69. The number of aliphatic carboxylic acids is 1. The van der Waals surface area contributed by atoms with Gasteiger partial charge < -0.3 is 25.5 Å². The number of carboxylic acids is 1. The zero-order chi connectivity index (χ0) is 24.3. The first-order chi connectivity index (χ1) is 15.4. The standard InChI is InChI=1S/C27H46O6/c1-14(25(32)33)5-8-21(29)15(2)18-6-7-19-24-20(13-23(31)27(18,19)4)26(3)10-9-17(28)11-16(26)12-22(24)30/h14-24,28-31H,5-13H2,1-4H3,(H,32,33)/t14?,15-,16-,17+,18+,19-,20-,21?,22+,23-,24-,26-,27+/m0/s1. The van der Waals surface area contributed by atoms with Crippen LogP contribution in [-0.4, -0.2) is 55.9 Å². The smallest absolute Gasteiger partial charge is 0.306 e. The van der Waals surface area contributed by atoms with Gasteiger partial charge in [-0.3, -0.25) is 4.79 Å². The Labute approximate surface area is 198 Å². The van der Waals surface area contributed by atoms with Crippen molar-refractivity contribution < 1.29 is 30.3 Å². The van der Waals surface area contributed by atoms with E-state index in [-0.39, 0.29) is 46.5 Å². The third-order valence-electron chi connectivity index (χ3n) is 11.4. The summed E-state index contributed by atoms with van der Waals surface area (Å²) < 4.78 is 0. The molecule has 4 fully saturated rings. The topological polar surface area (TPSA) is 118 Å². The summed E-state index contributed by atoms with van der Waals surface area (Å²) in [5.74, 6) is -0.213. The van der Waals surface area contributed by atoms with Gasteiger partial charge in [0, 0.05) is 0 Å². The zero-order valence-corrected chi connectivity index (χ0v) is 20.9. The molecule has 0 aromatic carbocycles. The van der Waals surface area contributed by atoms with Crippen molar-refractivity contribution in [1.82, 2.24) is 0 Å². The average molecular weight is 467 g/mol. The number of aliphatic hydroxyl groups excluding tert-OH is 4. The SMILES string of the molecule is CC(CCC(O)[C@@H](C)[C@H]1CC[C@H]2[C@@H]3[C@H](O)C[C@@H]4C[C@H](O)CC[C@]4(C)[C@H]3C[C@H](O)[C@]12C)C(=O)O. The molecule has 33 heavy (non-hydrogen) atoms. The van der Waals surface area contributed by atoms with Gasteiger partial charge in [0.15, 0.2) is 0 Å². The van der Waals surface area contributed by atoms with Crippen LogP contribution in [0, 0.1) is 52.3 Å². The number of carbonyl (C=O) groups is 1. The molecule has 13 atom stereocenters. The molecule has 0 aliphatic heterocycles. The second-order valence-corrected chi connectivity index (χ2v) is 12.8. The van der Waals surface area contributed by atoms with Gasteiger partial charge in [-0.2, -0.15) is 0 Å². The molecule has 0 bridgehead atoms. The van der Waals surface area contributed by atoms with Crippen LogP contribution < -0.4 is 0 Å². The lowest BCUT2D eigenvalue weighted by Gasteiger charge is -2.63. The van der Waals surface area contributed by atoms with Gasteiger partial charge in [0.2, 0.25) is 0 Å². The van der Waals surface area contributed by atoms with Crippen LogP contribution in [0.5, 0.6) is 0 Å². The molecule has 0 spiro atoms. The Morgan fingerprint density at radius 2 is 1.67 bits per heavy atom. The fourth-order valence-electron chi connectivity index (χ4n) is 9.14. The predicted octanol–water partition coefficient (Wildman–Crippen LogP) is 3.45. The minimum Gasteiger partial charge on any atom is -0.481 e. The normalized spacial score (nSPS) is 49.9. The molecule has 5 N–H and O–H groups in total. The fourth-order valence-corrected chi connectivity index (χ4v) is 9.14. The molecular formula is C27H46O6. The largest absolute Gasteiger partial charge is 0.481 e. The van der Waals surface area contributed by atoms with Crippen molar-refractivity contribution in [3.8, 4) is 0 Å². The van der Waals surface area contributed by atoms with Gasteiger partial charge >= 0.3 is 5.97 Å². The maximum absolute atomic E-state index is 11.6.